The van der Waals surface area contributed by atoms with Gasteiger partial charge in [-0.1, -0.05) is 49.6 Å². The molecule has 2 aliphatic rings. The largest absolute Gasteiger partial charge is 0.395 e. The molecule has 1 heterocycles. The number of nitriles is 1. The average Bonchev–Trinajstić information content (AvgIpc) is 3.14. The van der Waals surface area contributed by atoms with Crippen LogP contribution in [0.5, 0.6) is 0 Å². The zero-order valence-electron chi connectivity index (χ0n) is 18.7. The van der Waals surface area contributed by atoms with Crippen LogP contribution in [0.2, 0.25) is 0 Å². The Morgan fingerprint density at radius 1 is 1.15 bits per heavy atom. The molecular formula is C26H30N4O3. The number of hydrogen-bond acceptors (Lipinski definition) is 5. The molecule has 7 heteroatoms. The summed E-state index contributed by atoms with van der Waals surface area (Å²) in [5, 5.41) is 21.6. The number of amides is 2. The number of benzene rings is 2. The van der Waals surface area contributed by atoms with Crippen molar-refractivity contribution in [1.82, 2.24) is 10.2 Å². The lowest BCUT2D eigenvalue weighted by molar-refractivity contribution is -0.127. The SMILES string of the molecule is N#C[C@H](Cc1ccc(-c2ccc3c(c2)CN(CCO)C3=O)cc1)NC(=O)C1(N)CCCCC1. The maximum absolute atomic E-state index is 12.7. The molecule has 0 bridgehead atoms. The van der Waals surface area contributed by atoms with E-state index in [0.29, 0.717) is 37.9 Å². The second-order valence-corrected chi connectivity index (χ2v) is 9.10. The van der Waals surface area contributed by atoms with E-state index in [1.54, 1.807) is 4.90 Å². The van der Waals surface area contributed by atoms with Gasteiger partial charge in [-0.3, -0.25) is 9.59 Å². The van der Waals surface area contributed by atoms with Crippen LogP contribution in [0.3, 0.4) is 0 Å². The molecular weight excluding hydrogens is 416 g/mol. The summed E-state index contributed by atoms with van der Waals surface area (Å²) in [4.78, 5) is 26.7. The number of rotatable bonds is 7. The van der Waals surface area contributed by atoms with Crippen LogP contribution in [0.1, 0.15) is 53.6 Å². The Balaban J connectivity index is 1.41. The number of nitrogens with two attached hydrogens (primary N) is 1. The second kappa shape index (κ2) is 9.74. The predicted molar refractivity (Wildman–Crippen MR) is 125 cm³/mol. The number of carbonyl (C=O) groups excluding carboxylic acids is 2. The lowest BCUT2D eigenvalue weighted by Gasteiger charge is -2.32. The Morgan fingerprint density at radius 2 is 1.85 bits per heavy atom. The minimum Gasteiger partial charge on any atom is -0.395 e. The van der Waals surface area contributed by atoms with Gasteiger partial charge in [-0.15, -0.1) is 0 Å². The van der Waals surface area contributed by atoms with E-state index < -0.39 is 11.6 Å². The molecule has 0 saturated heterocycles. The molecule has 1 aliphatic carbocycles. The van der Waals surface area contributed by atoms with Crippen molar-refractivity contribution in [3.05, 3.63) is 59.2 Å². The van der Waals surface area contributed by atoms with Gasteiger partial charge in [0.15, 0.2) is 0 Å². The molecule has 0 radical (unpaired) electrons. The number of aliphatic hydroxyl groups excluding tert-OH is 1. The van der Waals surface area contributed by atoms with Crippen molar-refractivity contribution in [3.63, 3.8) is 0 Å². The quantitative estimate of drug-likeness (QED) is 0.604. The van der Waals surface area contributed by atoms with Crippen LogP contribution >= 0.6 is 0 Å². The summed E-state index contributed by atoms with van der Waals surface area (Å²) in [6, 6.07) is 15.2. The third-order valence-electron chi connectivity index (χ3n) is 6.74. The minimum atomic E-state index is -0.862. The molecule has 7 nitrogen and oxygen atoms in total. The summed E-state index contributed by atoms with van der Waals surface area (Å²) in [6.45, 7) is 0.788. The first kappa shape index (κ1) is 23.0. The molecule has 1 aliphatic heterocycles. The Hall–Kier alpha value is -3.21. The summed E-state index contributed by atoms with van der Waals surface area (Å²) < 4.78 is 0. The first-order chi connectivity index (χ1) is 15.9. The average molecular weight is 447 g/mol. The molecule has 1 saturated carbocycles. The first-order valence-corrected chi connectivity index (χ1v) is 11.6. The molecule has 4 rings (SSSR count). The van der Waals surface area contributed by atoms with Crippen LogP contribution in [0.15, 0.2) is 42.5 Å². The standard InChI is InChI=1S/C26H30N4O3/c27-16-22(29-25(33)26(28)10-2-1-3-11-26)14-18-4-6-19(7-5-18)20-8-9-23-21(15-20)17-30(12-13-31)24(23)32/h4-9,15,22,31H,1-3,10-14,17,28H2,(H,29,33)/t22-/m0/s1. The van der Waals surface area contributed by atoms with Gasteiger partial charge in [-0.2, -0.15) is 5.26 Å². The van der Waals surface area contributed by atoms with Gasteiger partial charge in [-0.25, -0.2) is 0 Å². The molecule has 2 aromatic carbocycles. The highest BCUT2D eigenvalue weighted by Crippen LogP contribution is 2.29. The highest BCUT2D eigenvalue weighted by molar-refractivity contribution is 5.99. The Kier molecular flexibility index (Phi) is 6.77. The summed E-state index contributed by atoms with van der Waals surface area (Å²) >= 11 is 0. The van der Waals surface area contributed by atoms with Crippen LogP contribution in [0, 0.1) is 11.3 Å². The topological polar surface area (TPSA) is 119 Å². The third kappa shape index (κ3) is 4.92. The zero-order valence-corrected chi connectivity index (χ0v) is 18.7. The summed E-state index contributed by atoms with van der Waals surface area (Å²) in [5.41, 5.74) is 10.0. The number of fused-ring (bicyclic) bond motifs is 1. The van der Waals surface area contributed by atoms with Gasteiger partial charge in [0.25, 0.3) is 5.91 Å². The van der Waals surface area contributed by atoms with Gasteiger partial charge in [0, 0.05) is 25.1 Å². The van der Waals surface area contributed by atoms with Crippen LogP contribution in [0.4, 0.5) is 0 Å². The highest BCUT2D eigenvalue weighted by Gasteiger charge is 2.36. The predicted octanol–water partition coefficient (Wildman–Crippen LogP) is 2.51. The van der Waals surface area contributed by atoms with E-state index in [-0.39, 0.29) is 18.4 Å². The van der Waals surface area contributed by atoms with E-state index in [0.717, 1.165) is 41.5 Å². The zero-order chi connectivity index (χ0) is 23.4. The van der Waals surface area contributed by atoms with E-state index in [1.807, 2.05) is 42.5 Å². The van der Waals surface area contributed by atoms with Crippen LogP contribution in [-0.2, 0) is 17.8 Å². The van der Waals surface area contributed by atoms with Crippen molar-refractivity contribution in [2.45, 2.75) is 56.7 Å². The molecule has 0 unspecified atom stereocenters. The maximum Gasteiger partial charge on any atom is 0.254 e. The van der Waals surface area contributed by atoms with Gasteiger partial charge in [0.1, 0.15) is 6.04 Å². The molecule has 2 aromatic rings. The minimum absolute atomic E-state index is 0.0435. The van der Waals surface area contributed by atoms with Gasteiger partial charge < -0.3 is 21.1 Å². The van der Waals surface area contributed by atoms with Crippen molar-refractivity contribution < 1.29 is 14.7 Å². The number of hydrogen-bond donors (Lipinski definition) is 3. The van der Waals surface area contributed by atoms with E-state index in [2.05, 4.69) is 11.4 Å². The fraction of sp³-hybridized carbons (Fsp3) is 0.423. The Labute approximate surface area is 194 Å². The van der Waals surface area contributed by atoms with Crippen LogP contribution in [-0.4, -0.2) is 46.6 Å². The summed E-state index contributed by atoms with van der Waals surface area (Å²) in [6.07, 6.45) is 4.72. The number of β-amino-alcohol motifs (C(OH)–C–C–N with tert-alkyl or cyclic N) is 1. The van der Waals surface area contributed by atoms with Crippen molar-refractivity contribution in [3.8, 4) is 17.2 Å². The third-order valence-corrected chi connectivity index (χ3v) is 6.74. The van der Waals surface area contributed by atoms with Crippen molar-refractivity contribution in [1.29, 1.82) is 5.26 Å². The van der Waals surface area contributed by atoms with Gasteiger partial charge >= 0.3 is 0 Å². The van der Waals surface area contributed by atoms with Gasteiger partial charge in [0.2, 0.25) is 5.91 Å². The molecule has 0 aromatic heterocycles. The van der Waals surface area contributed by atoms with Crippen LogP contribution in [0.25, 0.3) is 11.1 Å². The molecule has 1 atom stereocenters. The molecule has 33 heavy (non-hydrogen) atoms. The molecule has 4 N–H and O–H groups in total. The Morgan fingerprint density at radius 3 is 2.52 bits per heavy atom. The van der Waals surface area contributed by atoms with E-state index in [9.17, 15) is 14.9 Å². The molecule has 1 fully saturated rings. The van der Waals surface area contributed by atoms with E-state index in [4.69, 9.17) is 10.8 Å². The smallest absolute Gasteiger partial charge is 0.254 e. The van der Waals surface area contributed by atoms with Crippen molar-refractivity contribution in [2.75, 3.05) is 13.2 Å². The number of aliphatic hydroxyl groups is 1. The van der Waals surface area contributed by atoms with Gasteiger partial charge in [0.05, 0.1) is 18.2 Å². The normalized spacial score (nSPS) is 17.8. The second-order valence-electron chi connectivity index (χ2n) is 9.10. The monoisotopic (exact) mass is 446 g/mol. The fourth-order valence-corrected chi connectivity index (χ4v) is 4.77. The molecule has 2 amide bonds. The lowest BCUT2D eigenvalue weighted by Crippen LogP contribution is -2.57. The first-order valence-electron chi connectivity index (χ1n) is 11.6. The maximum atomic E-state index is 12.7. The summed E-state index contributed by atoms with van der Waals surface area (Å²) in [5.74, 6) is -0.272. The van der Waals surface area contributed by atoms with Gasteiger partial charge in [-0.05, 0) is 47.2 Å². The summed E-state index contributed by atoms with van der Waals surface area (Å²) in [7, 11) is 0. The number of nitrogens with one attached hydrogen (secondary N) is 1. The van der Waals surface area contributed by atoms with E-state index >= 15 is 0 Å². The van der Waals surface area contributed by atoms with Crippen molar-refractivity contribution in [2.24, 2.45) is 5.73 Å². The lowest BCUT2D eigenvalue weighted by atomic mass is 9.81. The molecule has 172 valence electrons. The number of carbonyl (C=O) groups is 2. The number of nitrogens with zero attached hydrogens (tertiary/aromatic N) is 2. The Bertz CT molecular complexity index is 1070. The van der Waals surface area contributed by atoms with Crippen LogP contribution < -0.4 is 11.1 Å². The molecule has 0 spiro atoms. The van der Waals surface area contributed by atoms with Crippen molar-refractivity contribution >= 4 is 11.8 Å². The van der Waals surface area contributed by atoms with E-state index in [1.165, 1.54) is 0 Å². The fourth-order valence-electron chi connectivity index (χ4n) is 4.77. The highest BCUT2D eigenvalue weighted by atomic mass is 16.3.